The molecule has 0 aliphatic rings. The summed E-state index contributed by atoms with van der Waals surface area (Å²) >= 11 is 1.28. The second-order valence-corrected chi connectivity index (χ2v) is 4.22. The second kappa shape index (κ2) is 8.07. The van der Waals surface area contributed by atoms with Crippen LogP contribution >= 0.6 is 0 Å². The van der Waals surface area contributed by atoms with Crippen molar-refractivity contribution in [3.63, 3.8) is 0 Å². The van der Waals surface area contributed by atoms with Crippen LogP contribution in [0, 0.1) is 0 Å². The zero-order valence-electron chi connectivity index (χ0n) is 9.84. The first-order chi connectivity index (χ1) is 8.24. The van der Waals surface area contributed by atoms with Gasteiger partial charge in [-0.05, 0) is 12.1 Å². The van der Waals surface area contributed by atoms with Gasteiger partial charge in [-0.1, -0.05) is 18.2 Å². The molecule has 0 amide bonds. The zero-order chi connectivity index (χ0) is 12.5. The van der Waals surface area contributed by atoms with Gasteiger partial charge in [0.2, 0.25) is 0 Å². The fourth-order valence-electron chi connectivity index (χ4n) is 1.29. The van der Waals surface area contributed by atoms with Crippen molar-refractivity contribution in [1.82, 2.24) is 0 Å². The summed E-state index contributed by atoms with van der Waals surface area (Å²) in [5.41, 5.74) is 1.80. The number of aromatic carboxylic acids is 1. The predicted octanol–water partition coefficient (Wildman–Crippen LogP) is 2.74. The summed E-state index contributed by atoms with van der Waals surface area (Å²) in [6, 6.07) is 18.9. The first-order valence-electron chi connectivity index (χ1n) is 5.56. The van der Waals surface area contributed by atoms with Crippen LogP contribution in [0.3, 0.4) is 0 Å². The van der Waals surface area contributed by atoms with E-state index in [-0.39, 0.29) is 0 Å². The summed E-state index contributed by atoms with van der Waals surface area (Å²) in [5.74, 6) is -0.879. The minimum absolute atomic E-state index is 0.331. The molecule has 0 unspecified atom stereocenters. The topological polar surface area (TPSA) is 37.3 Å². The van der Waals surface area contributed by atoms with Crippen LogP contribution in [0.25, 0.3) is 0 Å². The first-order valence-corrected chi connectivity index (χ1v) is 6.97. The van der Waals surface area contributed by atoms with Gasteiger partial charge in [-0.2, -0.15) is 0 Å². The van der Waals surface area contributed by atoms with Crippen molar-refractivity contribution in [3.8, 4) is 0 Å². The molecule has 3 heteroatoms. The van der Waals surface area contributed by atoms with Gasteiger partial charge in [0.05, 0.1) is 5.56 Å². The molecule has 0 radical (unpaired) electrons. The quantitative estimate of drug-likeness (QED) is 0.814. The predicted molar refractivity (Wildman–Crippen MR) is 69.3 cm³/mol. The van der Waals surface area contributed by atoms with Crippen LogP contribution in [0.1, 0.15) is 15.9 Å². The van der Waals surface area contributed by atoms with Crippen molar-refractivity contribution in [2.45, 2.75) is 3.67 Å². The van der Waals surface area contributed by atoms with Crippen molar-refractivity contribution >= 4 is 33.9 Å². The number of carboxylic acids is 1. The van der Waals surface area contributed by atoms with E-state index in [1.807, 2.05) is 0 Å². The van der Waals surface area contributed by atoms with Gasteiger partial charge in [-0.15, -0.1) is 0 Å². The Morgan fingerprint density at radius 1 is 0.941 bits per heavy atom. The molecule has 0 atom stereocenters. The minimum atomic E-state index is -0.879. The monoisotopic (exact) mass is 236 g/mol. The van der Waals surface area contributed by atoms with Gasteiger partial charge in [0.1, 0.15) is 0 Å². The Morgan fingerprint density at radius 3 is 1.71 bits per heavy atom. The van der Waals surface area contributed by atoms with Gasteiger partial charge >= 0.3 is 73.5 Å². The Morgan fingerprint density at radius 2 is 1.41 bits per heavy atom. The Hall–Kier alpha value is -1.09. The Kier molecular flexibility index (Phi) is 6.63. The molecule has 0 heterocycles. The van der Waals surface area contributed by atoms with E-state index in [9.17, 15) is 4.79 Å². The Bertz CT molecular complexity index is 440. The molecule has 17 heavy (non-hydrogen) atoms. The Balaban J connectivity index is 0.000000171. The number of carbonyl (C=O) groups is 1. The van der Waals surface area contributed by atoms with Crippen LogP contribution in [0.15, 0.2) is 60.7 Å². The van der Waals surface area contributed by atoms with Crippen LogP contribution in [-0.2, 0) is 3.67 Å². The van der Waals surface area contributed by atoms with Gasteiger partial charge < -0.3 is 5.11 Å². The van der Waals surface area contributed by atoms with E-state index >= 15 is 0 Å². The third kappa shape index (κ3) is 5.68. The molecule has 0 fully saturated rings. The summed E-state index contributed by atoms with van der Waals surface area (Å²) in [4.78, 5) is 10.2. The van der Waals surface area contributed by atoms with Crippen LogP contribution in [0.2, 0.25) is 0 Å². The number of benzene rings is 2. The standard InChI is InChI=1S/C7H6O2.C7H7.Na/c8-7(9)6-4-2-1-3-5-6;1-7-5-3-2-4-6-7;/h1-5H,(H,8,9);2-6H,1H2;. The number of rotatable bonds is 2. The van der Waals surface area contributed by atoms with E-state index in [4.69, 9.17) is 5.11 Å². The molecule has 2 aromatic rings. The molecular weight excluding hydrogens is 223 g/mol. The van der Waals surface area contributed by atoms with Crippen LogP contribution in [-0.4, -0.2) is 39.0 Å². The summed E-state index contributed by atoms with van der Waals surface area (Å²) in [6.45, 7) is 0. The maximum absolute atomic E-state index is 10.2. The average Bonchev–Trinajstić information content (AvgIpc) is 2.41. The van der Waals surface area contributed by atoms with Gasteiger partial charge in [-0.3, -0.25) is 0 Å². The third-order valence-corrected chi connectivity index (χ3v) is 3.09. The maximum atomic E-state index is 10.2. The molecule has 82 valence electrons. The van der Waals surface area contributed by atoms with Crippen molar-refractivity contribution in [2.24, 2.45) is 0 Å². The zero-order valence-corrected chi connectivity index (χ0v) is 11.8. The van der Waals surface area contributed by atoms with Crippen molar-refractivity contribution in [2.75, 3.05) is 0 Å². The fraction of sp³-hybridized carbons (Fsp3) is 0.0714. The molecule has 2 rings (SSSR count). The van der Waals surface area contributed by atoms with Crippen molar-refractivity contribution < 1.29 is 9.90 Å². The molecular formula is C14H13NaO2. The third-order valence-electron chi connectivity index (χ3n) is 2.27. The molecule has 0 spiro atoms. The molecule has 0 aliphatic heterocycles. The number of hydrogen-bond acceptors (Lipinski definition) is 1. The fourth-order valence-corrected chi connectivity index (χ4v) is 1.77. The van der Waals surface area contributed by atoms with Crippen molar-refractivity contribution in [1.29, 1.82) is 0 Å². The van der Waals surface area contributed by atoms with E-state index in [2.05, 4.69) is 30.3 Å². The summed E-state index contributed by atoms with van der Waals surface area (Å²) < 4.78 is 1.28. The Labute approximate surface area is 119 Å². The van der Waals surface area contributed by atoms with Crippen LogP contribution in [0.5, 0.6) is 0 Å². The van der Waals surface area contributed by atoms with Gasteiger partial charge in [0.25, 0.3) is 0 Å². The van der Waals surface area contributed by atoms with Crippen LogP contribution in [0.4, 0.5) is 0 Å². The first kappa shape index (κ1) is 14.0. The molecule has 0 aliphatic carbocycles. The number of carboxylic acid groups (broad SMARTS) is 1. The molecule has 0 saturated carbocycles. The molecule has 0 saturated heterocycles. The van der Waals surface area contributed by atoms with E-state index < -0.39 is 5.97 Å². The van der Waals surface area contributed by atoms with Gasteiger partial charge in [-0.25, -0.2) is 4.79 Å². The SMILES string of the molecule is O=C(O)c1ccccc1.[Na][CH2]c1ccccc1. The van der Waals surface area contributed by atoms with Crippen LogP contribution < -0.4 is 0 Å². The molecule has 0 bridgehead atoms. The molecule has 1 N–H and O–H groups in total. The second-order valence-electron chi connectivity index (χ2n) is 3.51. The van der Waals surface area contributed by atoms with E-state index in [1.165, 1.54) is 37.2 Å². The van der Waals surface area contributed by atoms with Gasteiger partial charge in [0.15, 0.2) is 0 Å². The van der Waals surface area contributed by atoms with E-state index in [0.29, 0.717) is 5.56 Å². The normalized spacial score (nSPS) is 9.06. The average molecular weight is 236 g/mol. The summed E-state index contributed by atoms with van der Waals surface area (Å²) in [5, 5.41) is 8.38. The summed E-state index contributed by atoms with van der Waals surface area (Å²) in [7, 11) is 0. The van der Waals surface area contributed by atoms with Crippen molar-refractivity contribution in [3.05, 3.63) is 71.8 Å². The molecule has 2 aromatic carbocycles. The summed E-state index contributed by atoms with van der Waals surface area (Å²) in [6.07, 6.45) is 0. The van der Waals surface area contributed by atoms with E-state index in [0.717, 1.165) is 0 Å². The number of hydrogen-bond donors (Lipinski definition) is 1. The molecule has 0 aromatic heterocycles. The molecule has 2 nitrogen and oxygen atoms in total. The van der Waals surface area contributed by atoms with E-state index in [1.54, 1.807) is 30.3 Å². The van der Waals surface area contributed by atoms with Gasteiger partial charge in [0, 0.05) is 0 Å².